The summed E-state index contributed by atoms with van der Waals surface area (Å²) in [5.74, 6) is 1.21. The molecular weight excluding hydrogens is 420 g/mol. The van der Waals surface area contributed by atoms with Gasteiger partial charge in [-0.3, -0.25) is 4.79 Å². The van der Waals surface area contributed by atoms with Crippen LogP contribution in [0.1, 0.15) is 10.4 Å². The van der Waals surface area contributed by atoms with Gasteiger partial charge in [0.05, 0.1) is 11.0 Å². The number of aldehydes is 1. The molecule has 4 aromatic rings. The molecule has 1 aromatic heterocycles. The average Bonchev–Trinajstić information content (AvgIpc) is 2.80. The molecule has 4 rings (SSSR count). The molecule has 3 N–H and O–H groups in total. The van der Waals surface area contributed by atoms with E-state index in [4.69, 9.17) is 26.7 Å². The second kappa shape index (κ2) is 10.6. The number of aromatic nitrogens is 2. The van der Waals surface area contributed by atoms with Gasteiger partial charge >= 0.3 is 0 Å². The quantitative estimate of drug-likeness (QED) is 0.268. The highest BCUT2D eigenvalue weighted by Gasteiger charge is 2.10. The minimum absolute atomic E-state index is 0.596. The number of para-hydroxylation sites is 2. The fourth-order valence-electron chi connectivity index (χ4n) is 2.55. The number of nitrogens with zero attached hydrogens (tertiary/aromatic N) is 2. The van der Waals surface area contributed by atoms with Crippen LogP contribution in [-0.4, -0.2) is 28.5 Å². The van der Waals surface area contributed by atoms with Crippen molar-refractivity contribution in [3.8, 4) is 0 Å². The molecule has 0 radical (unpaired) electrons. The monoisotopic (exact) mass is 438 g/mol. The Morgan fingerprint density at radius 2 is 1.47 bits per heavy atom. The number of anilines is 3. The van der Waals surface area contributed by atoms with Gasteiger partial charge < -0.3 is 15.1 Å². The van der Waals surface area contributed by atoms with Crippen LogP contribution >= 0.6 is 23.5 Å². The zero-order chi connectivity index (χ0) is 21.3. The van der Waals surface area contributed by atoms with E-state index < -0.39 is 0 Å². The van der Waals surface area contributed by atoms with Gasteiger partial charge in [0.2, 0.25) is 0 Å². The van der Waals surface area contributed by atoms with Gasteiger partial charge in [-0.05, 0) is 72.6 Å². The van der Waals surface area contributed by atoms with Crippen molar-refractivity contribution in [1.29, 1.82) is 0 Å². The Hall–Kier alpha value is -3.13. The lowest BCUT2D eigenvalue weighted by atomic mass is 10.2. The number of halogens is 1. The molecule has 0 saturated heterocycles. The summed E-state index contributed by atoms with van der Waals surface area (Å²) in [7, 11) is 1.00. The van der Waals surface area contributed by atoms with E-state index in [-0.39, 0.29) is 0 Å². The van der Waals surface area contributed by atoms with Crippen LogP contribution < -0.4 is 10.0 Å². The second-order valence-electron chi connectivity index (χ2n) is 5.93. The number of aliphatic hydroxyl groups excluding tert-OH is 1. The number of nitrogens with one attached hydrogen (secondary N) is 2. The summed E-state index contributed by atoms with van der Waals surface area (Å²) < 4.78 is 3.27. The molecule has 0 bridgehead atoms. The lowest BCUT2D eigenvalue weighted by Crippen LogP contribution is -2.02. The van der Waals surface area contributed by atoms with E-state index in [1.807, 2.05) is 60.7 Å². The van der Waals surface area contributed by atoms with Gasteiger partial charge in [-0.25, -0.2) is 9.97 Å². The van der Waals surface area contributed by atoms with Crippen LogP contribution in [-0.2, 0) is 0 Å². The fourth-order valence-corrected chi connectivity index (χ4v) is 3.31. The Morgan fingerprint density at radius 1 is 0.867 bits per heavy atom. The van der Waals surface area contributed by atoms with Gasteiger partial charge in [0.1, 0.15) is 6.29 Å². The highest BCUT2D eigenvalue weighted by Crippen LogP contribution is 2.29. The topological polar surface area (TPSA) is 87.1 Å². The number of fused-ring (bicyclic) bond motifs is 1. The summed E-state index contributed by atoms with van der Waals surface area (Å²) in [5.41, 5.74) is 3.02. The van der Waals surface area contributed by atoms with Gasteiger partial charge in [-0.2, -0.15) is 0 Å². The number of hydrogen-bond donors (Lipinski definition) is 3. The lowest BCUT2D eigenvalue weighted by molar-refractivity contribution is 0.112. The van der Waals surface area contributed by atoms with Crippen molar-refractivity contribution >= 4 is 58.2 Å². The van der Waals surface area contributed by atoms with Gasteiger partial charge in [0, 0.05) is 28.3 Å². The zero-order valence-electron chi connectivity index (χ0n) is 16.0. The van der Waals surface area contributed by atoms with Crippen LogP contribution in [0.25, 0.3) is 11.0 Å². The van der Waals surface area contributed by atoms with Gasteiger partial charge in [0.25, 0.3) is 0 Å². The Labute approximate surface area is 183 Å². The number of carbonyl (C=O) groups excluding carboxylic acids is 1. The van der Waals surface area contributed by atoms with Crippen LogP contribution in [0.2, 0.25) is 5.02 Å². The summed E-state index contributed by atoms with van der Waals surface area (Å²) in [6.07, 6.45) is 0.815. The minimum Gasteiger partial charge on any atom is -0.400 e. The molecule has 6 nitrogen and oxygen atoms in total. The maximum absolute atomic E-state index is 10.9. The van der Waals surface area contributed by atoms with Gasteiger partial charge in [-0.1, -0.05) is 23.7 Å². The van der Waals surface area contributed by atoms with Crippen molar-refractivity contribution < 1.29 is 9.90 Å². The van der Waals surface area contributed by atoms with E-state index in [1.165, 1.54) is 11.9 Å². The smallest absolute Gasteiger partial charge is 0.180 e. The third-order valence-corrected chi connectivity index (χ3v) is 5.01. The number of carbonyl (C=O) groups is 1. The summed E-state index contributed by atoms with van der Waals surface area (Å²) in [4.78, 5) is 21.3. The SMILES string of the molecule is CO.O=Cc1ccc(Nc2nc3ccccc3nc2NSc2ccc(Cl)cc2)cc1. The number of hydrogen-bond acceptors (Lipinski definition) is 7. The molecule has 0 amide bonds. The first-order valence-electron chi connectivity index (χ1n) is 8.93. The van der Waals surface area contributed by atoms with Crippen molar-refractivity contribution in [2.24, 2.45) is 0 Å². The van der Waals surface area contributed by atoms with Crippen molar-refractivity contribution in [3.63, 3.8) is 0 Å². The predicted octanol–water partition coefficient (Wildman–Crippen LogP) is 5.57. The number of rotatable bonds is 6. The zero-order valence-corrected chi connectivity index (χ0v) is 17.6. The fraction of sp³-hybridized carbons (Fsp3) is 0.0455. The molecule has 3 aromatic carbocycles. The predicted molar refractivity (Wildman–Crippen MR) is 124 cm³/mol. The van der Waals surface area contributed by atoms with Crippen molar-refractivity contribution in [2.75, 3.05) is 17.1 Å². The van der Waals surface area contributed by atoms with Crippen molar-refractivity contribution in [3.05, 3.63) is 83.4 Å². The first-order chi connectivity index (χ1) is 14.7. The Morgan fingerprint density at radius 3 is 2.07 bits per heavy atom. The molecule has 0 unspecified atom stereocenters. The van der Waals surface area contributed by atoms with Crippen LogP contribution in [0, 0.1) is 0 Å². The van der Waals surface area contributed by atoms with Crippen LogP contribution in [0.15, 0.2) is 77.7 Å². The molecule has 30 heavy (non-hydrogen) atoms. The molecule has 8 heteroatoms. The molecular formula is C22H19ClN4O2S. The first-order valence-corrected chi connectivity index (χ1v) is 10.1. The summed E-state index contributed by atoms with van der Waals surface area (Å²) in [6.45, 7) is 0. The number of benzene rings is 3. The lowest BCUT2D eigenvalue weighted by Gasteiger charge is -2.13. The molecule has 0 fully saturated rings. The second-order valence-corrected chi connectivity index (χ2v) is 7.25. The van der Waals surface area contributed by atoms with Crippen molar-refractivity contribution in [1.82, 2.24) is 9.97 Å². The molecule has 0 atom stereocenters. The van der Waals surface area contributed by atoms with Crippen molar-refractivity contribution in [2.45, 2.75) is 4.90 Å². The summed E-state index contributed by atoms with van der Waals surface area (Å²) in [6, 6.07) is 22.4. The standard InChI is InChI=1S/C21H15ClN4OS.CH4O/c22-15-7-11-17(12-8-15)28-26-21-20(23-16-9-5-14(13-27)6-10-16)24-18-3-1-2-4-19(18)25-21;1-2/h1-13H,(H,23,24)(H,25,26);2H,1H3. The molecule has 0 saturated carbocycles. The van der Waals surface area contributed by atoms with E-state index in [2.05, 4.69) is 10.0 Å². The average molecular weight is 439 g/mol. The van der Waals surface area contributed by atoms with Gasteiger partial charge in [-0.15, -0.1) is 0 Å². The van der Waals surface area contributed by atoms with E-state index in [0.717, 1.165) is 35.0 Å². The van der Waals surface area contributed by atoms with E-state index >= 15 is 0 Å². The molecule has 0 aliphatic heterocycles. The maximum Gasteiger partial charge on any atom is 0.180 e. The molecule has 0 spiro atoms. The highest BCUT2D eigenvalue weighted by atomic mass is 35.5. The van der Waals surface area contributed by atoms with Crippen LogP contribution in [0.4, 0.5) is 17.3 Å². The molecule has 0 aliphatic rings. The number of aliphatic hydroxyl groups is 1. The van der Waals surface area contributed by atoms with E-state index in [9.17, 15) is 4.79 Å². The Kier molecular flexibility index (Phi) is 7.62. The van der Waals surface area contributed by atoms with Gasteiger partial charge in [0.15, 0.2) is 11.6 Å². The third-order valence-electron chi connectivity index (χ3n) is 3.96. The maximum atomic E-state index is 10.9. The Bertz CT molecular complexity index is 1120. The van der Waals surface area contributed by atoms with Crippen LogP contribution in [0.3, 0.4) is 0 Å². The van der Waals surface area contributed by atoms with E-state index in [0.29, 0.717) is 22.2 Å². The Balaban J connectivity index is 0.00000124. The summed E-state index contributed by atoms with van der Waals surface area (Å²) in [5, 5.41) is 11.0. The van der Waals surface area contributed by atoms with E-state index in [1.54, 1.807) is 12.1 Å². The first kappa shape index (κ1) is 21.6. The van der Waals surface area contributed by atoms with Crippen LogP contribution in [0.5, 0.6) is 0 Å². The largest absolute Gasteiger partial charge is 0.400 e. The highest BCUT2D eigenvalue weighted by molar-refractivity contribution is 8.00. The third kappa shape index (κ3) is 5.48. The normalized spacial score (nSPS) is 10.1. The molecule has 152 valence electrons. The molecule has 1 heterocycles. The molecule has 0 aliphatic carbocycles. The summed E-state index contributed by atoms with van der Waals surface area (Å²) >= 11 is 7.37. The minimum atomic E-state index is 0.596.